The quantitative estimate of drug-likeness (QED) is 0.916. The van der Waals surface area contributed by atoms with Crippen LogP contribution in [0.2, 0.25) is 0 Å². The molecule has 1 aromatic rings. The van der Waals surface area contributed by atoms with Crippen molar-refractivity contribution in [1.82, 2.24) is 4.90 Å². The molecule has 19 heavy (non-hydrogen) atoms. The van der Waals surface area contributed by atoms with Gasteiger partial charge >= 0.3 is 12.1 Å². The van der Waals surface area contributed by atoms with Crippen LogP contribution in [-0.4, -0.2) is 35.0 Å². The molecule has 0 aromatic heterocycles. The lowest BCUT2D eigenvalue weighted by Crippen LogP contribution is -2.36. The standard InChI is InChI=1S/C12H12F3NO3/c1-2-16(7-10(17)18)11(19)8-5-3-4-6-9(8)12(13,14)15/h3-6H,2,7H2,1H3,(H,17,18). The van der Waals surface area contributed by atoms with Gasteiger partial charge in [-0.2, -0.15) is 13.2 Å². The van der Waals surface area contributed by atoms with E-state index in [1.807, 2.05) is 0 Å². The predicted molar refractivity (Wildman–Crippen MR) is 60.7 cm³/mol. The number of benzene rings is 1. The number of rotatable bonds is 4. The third-order valence-electron chi connectivity index (χ3n) is 2.46. The Balaban J connectivity index is 3.15. The molecule has 0 heterocycles. The lowest BCUT2D eigenvalue weighted by atomic mass is 10.1. The smallest absolute Gasteiger partial charge is 0.417 e. The van der Waals surface area contributed by atoms with Gasteiger partial charge in [0, 0.05) is 6.54 Å². The summed E-state index contributed by atoms with van der Waals surface area (Å²) in [7, 11) is 0. The zero-order valence-electron chi connectivity index (χ0n) is 10.1. The number of carbonyl (C=O) groups excluding carboxylic acids is 1. The number of hydrogen-bond donors (Lipinski definition) is 1. The molecule has 7 heteroatoms. The van der Waals surface area contributed by atoms with E-state index in [1.54, 1.807) is 0 Å². The van der Waals surface area contributed by atoms with Crippen molar-refractivity contribution >= 4 is 11.9 Å². The summed E-state index contributed by atoms with van der Waals surface area (Å²) in [5.74, 6) is -2.22. The van der Waals surface area contributed by atoms with Crippen molar-refractivity contribution in [3.05, 3.63) is 35.4 Å². The second-order valence-electron chi connectivity index (χ2n) is 3.76. The van der Waals surface area contributed by atoms with Crippen molar-refractivity contribution in [1.29, 1.82) is 0 Å². The first-order valence-electron chi connectivity index (χ1n) is 5.44. The summed E-state index contributed by atoms with van der Waals surface area (Å²) in [6.45, 7) is 0.871. The van der Waals surface area contributed by atoms with Gasteiger partial charge < -0.3 is 10.0 Å². The number of likely N-dealkylation sites (N-methyl/N-ethyl adjacent to an activating group) is 1. The van der Waals surface area contributed by atoms with Crippen molar-refractivity contribution < 1.29 is 27.9 Å². The Morgan fingerprint density at radius 2 is 1.84 bits per heavy atom. The molecule has 0 saturated carbocycles. The molecule has 1 N–H and O–H groups in total. The molecule has 1 aromatic carbocycles. The molecular formula is C12H12F3NO3. The van der Waals surface area contributed by atoms with Gasteiger partial charge in [0.2, 0.25) is 0 Å². The van der Waals surface area contributed by atoms with Crippen LogP contribution in [0.1, 0.15) is 22.8 Å². The number of carbonyl (C=O) groups is 2. The number of aliphatic carboxylic acids is 1. The molecule has 0 saturated heterocycles. The first kappa shape index (κ1) is 15.0. The average molecular weight is 275 g/mol. The lowest BCUT2D eigenvalue weighted by molar-refractivity contribution is -0.138. The van der Waals surface area contributed by atoms with Gasteiger partial charge in [0.1, 0.15) is 6.54 Å². The molecule has 0 atom stereocenters. The van der Waals surface area contributed by atoms with Crippen molar-refractivity contribution in [2.75, 3.05) is 13.1 Å². The molecule has 0 unspecified atom stereocenters. The zero-order chi connectivity index (χ0) is 14.6. The second kappa shape index (κ2) is 5.73. The van der Waals surface area contributed by atoms with E-state index in [9.17, 15) is 22.8 Å². The van der Waals surface area contributed by atoms with Gasteiger partial charge in [0.15, 0.2) is 0 Å². The maximum atomic E-state index is 12.8. The van der Waals surface area contributed by atoms with Crippen molar-refractivity contribution in [2.45, 2.75) is 13.1 Å². The van der Waals surface area contributed by atoms with Crippen LogP contribution in [0.4, 0.5) is 13.2 Å². The topological polar surface area (TPSA) is 57.6 Å². The molecule has 0 spiro atoms. The van der Waals surface area contributed by atoms with E-state index in [1.165, 1.54) is 19.1 Å². The highest BCUT2D eigenvalue weighted by molar-refractivity contribution is 5.97. The van der Waals surface area contributed by atoms with Crippen LogP contribution in [0.5, 0.6) is 0 Å². The SMILES string of the molecule is CCN(CC(=O)O)C(=O)c1ccccc1C(F)(F)F. The van der Waals surface area contributed by atoms with E-state index >= 15 is 0 Å². The van der Waals surface area contributed by atoms with Crippen molar-refractivity contribution in [2.24, 2.45) is 0 Å². The molecule has 1 rings (SSSR count). The number of alkyl halides is 3. The summed E-state index contributed by atoms with van der Waals surface area (Å²) < 4.78 is 38.3. The van der Waals surface area contributed by atoms with Gasteiger partial charge in [-0.3, -0.25) is 9.59 Å². The maximum Gasteiger partial charge on any atom is 0.417 e. The van der Waals surface area contributed by atoms with Crippen LogP contribution in [-0.2, 0) is 11.0 Å². The molecule has 0 bridgehead atoms. The molecule has 0 aliphatic carbocycles. The Hall–Kier alpha value is -2.05. The van der Waals surface area contributed by atoms with Crippen molar-refractivity contribution in [3.8, 4) is 0 Å². The van der Waals surface area contributed by atoms with Crippen LogP contribution in [0, 0.1) is 0 Å². The Morgan fingerprint density at radius 3 is 2.32 bits per heavy atom. The fourth-order valence-corrected chi connectivity index (χ4v) is 1.58. The highest BCUT2D eigenvalue weighted by Gasteiger charge is 2.35. The Morgan fingerprint density at radius 1 is 1.26 bits per heavy atom. The molecule has 0 radical (unpaired) electrons. The van der Waals surface area contributed by atoms with Gasteiger partial charge in [-0.05, 0) is 19.1 Å². The molecule has 1 amide bonds. The van der Waals surface area contributed by atoms with Crippen LogP contribution < -0.4 is 0 Å². The van der Waals surface area contributed by atoms with Crippen LogP contribution in [0.25, 0.3) is 0 Å². The Labute approximate surface area is 107 Å². The number of carboxylic acid groups (broad SMARTS) is 1. The van der Waals surface area contributed by atoms with Crippen molar-refractivity contribution in [3.63, 3.8) is 0 Å². The first-order valence-corrected chi connectivity index (χ1v) is 5.44. The maximum absolute atomic E-state index is 12.8. The number of carboxylic acids is 1. The number of hydrogen-bond acceptors (Lipinski definition) is 2. The highest BCUT2D eigenvalue weighted by atomic mass is 19.4. The third kappa shape index (κ3) is 3.70. The van der Waals surface area contributed by atoms with Gasteiger partial charge in [-0.15, -0.1) is 0 Å². The summed E-state index contributed by atoms with van der Waals surface area (Å²) in [6.07, 6.45) is -4.66. The van der Waals surface area contributed by atoms with E-state index in [-0.39, 0.29) is 6.54 Å². The summed E-state index contributed by atoms with van der Waals surface area (Å²) >= 11 is 0. The summed E-state index contributed by atoms with van der Waals surface area (Å²) in [5.41, 5.74) is -1.61. The molecule has 4 nitrogen and oxygen atoms in total. The van der Waals surface area contributed by atoms with Gasteiger partial charge in [0.05, 0.1) is 11.1 Å². The fraction of sp³-hybridized carbons (Fsp3) is 0.333. The predicted octanol–water partition coefficient (Wildman–Crippen LogP) is 2.25. The summed E-state index contributed by atoms with van der Waals surface area (Å²) in [6, 6.07) is 4.31. The average Bonchev–Trinajstić information content (AvgIpc) is 2.34. The monoisotopic (exact) mass is 275 g/mol. The zero-order valence-corrected chi connectivity index (χ0v) is 10.1. The fourth-order valence-electron chi connectivity index (χ4n) is 1.58. The largest absolute Gasteiger partial charge is 0.480 e. The Bertz CT molecular complexity index is 485. The number of halogens is 3. The minimum Gasteiger partial charge on any atom is -0.480 e. The molecule has 0 fully saturated rings. The summed E-state index contributed by atoms with van der Waals surface area (Å²) in [5, 5.41) is 8.62. The number of nitrogens with zero attached hydrogens (tertiary/aromatic N) is 1. The van der Waals surface area contributed by atoms with Gasteiger partial charge in [0.25, 0.3) is 5.91 Å². The first-order chi connectivity index (χ1) is 8.77. The second-order valence-corrected chi connectivity index (χ2v) is 3.76. The molecule has 104 valence electrons. The summed E-state index contributed by atoms with van der Waals surface area (Å²) in [4.78, 5) is 23.4. The van der Waals surface area contributed by atoms with E-state index in [2.05, 4.69) is 0 Å². The van der Waals surface area contributed by atoms with Crippen LogP contribution in [0.15, 0.2) is 24.3 Å². The molecular weight excluding hydrogens is 263 g/mol. The Kier molecular flexibility index (Phi) is 4.52. The minimum absolute atomic E-state index is 0.0112. The molecule has 0 aliphatic heterocycles. The highest BCUT2D eigenvalue weighted by Crippen LogP contribution is 2.32. The van der Waals surface area contributed by atoms with Gasteiger partial charge in [-0.1, -0.05) is 12.1 Å². The normalized spacial score (nSPS) is 11.2. The van der Waals surface area contributed by atoms with E-state index in [4.69, 9.17) is 5.11 Å². The number of amides is 1. The van der Waals surface area contributed by atoms with Gasteiger partial charge in [-0.25, -0.2) is 0 Å². The third-order valence-corrected chi connectivity index (χ3v) is 2.46. The van der Waals surface area contributed by atoms with Crippen LogP contribution in [0.3, 0.4) is 0 Å². The van der Waals surface area contributed by atoms with E-state index in [0.29, 0.717) is 0 Å². The lowest BCUT2D eigenvalue weighted by Gasteiger charge is -2.20. The minimum atomic E-state index is -4.66. The van der Waals surface area contributed by atoms with E-state index in [0.717, 1.165) is 17.0 Å². The molecule has 0 aliphatic rings. The van der Waals surface area contributed by atoms with E-state index < -0.39 is 35.7 Å². The van der Waals surface area contributed by atoms with Crippen LogP contribution >= 0.6 is 0 Å².